The van der Waals surface area contributed by atoms with Gasteiger partial charge in [-0.25, -0.2) is 0 Å². The standard InChI is InChI=1S/C12H18N2O2/c1-3-9-6-4-5-7-10(9)16-8-12(2,14)11(13)15/h4-7H,3,8,14H2,1-2H3,(H2,13,15). The average Bonchev–Trinajstić information content (AvgIpc) is 2.26. The van der Waals surface area contributed by atoms with Crippen molar-refractivity contribution in [2.24, 2.45) is 11.5 Å². The van der Waals surface area contributed by atoms with E-state index in [4.69, 9.17) is 16.2 Å². The van der Waals surface area contributed by atoms with E-state index in [0.29, 0.717) is 0 Å². The van der Waals surface area contributed by atoms with Gasteiger partial charge in [0.1, 0.15) is 17.9 Å². The number of aryl methyl sites for hydroxylation is 1. The highest BCUT2D eigenvalue weighted by Gasteiger charge is 2.26. The molecule has 4 nitrogen and oxygen atoms in total. The molecule has 4 heteroatoms. The van der Waals surface area contributed by atoms with Crippen molar-refractivity contribution in [3.8, 4) is 5.75 Å². The van der Waals surface area contributed by atoms with Crippen LogP contribution in [0.2, 0.25) is 0 Å². The third-order valence-electron chi connectivity index (χ3n) is 2.44. The van der Waals surface area contributed by atoms with E-state index in [0.717, 1.165) is 17.7 Å². The van der Waals surface area contributed by atoms with Crippen LogP contribution in [-0.4, -0.2) is 18.1 Å². The number of hydrogen-bond donors (Lipinski definition) is 2. The SMILES string of the molecule is CCc1ccccc1OCC(C)(N)C(N)=O. The second-order valence-electron chi connectivity index (χ2n) is 4.03. The molecule has 0 spiro atoms. The van der Waals surface area contributed by atoms with E-state index >= 15 is 0 Å². The maximum absolute atomic E-state index is 11.0. The van der Waals surface area contributed by atoms with Gasteiger partial charge >= 0.3 is 0 Å². The first kappa shape index (κ1) is 12.5. The summed E-state index contributed by atoms with van der Waals surface area (Å²) >= 11 is 0. The Balaban J connectivity index is 2.71. The average molecular weight is 222 g/mol. The number of para-hydroxylation sites is 1. The van der Waals surface area contributed by atoms with Crippen molar-refractivity contribution in [1.29, 1.82) is 0 Å². The number of rotatable bonds is 5. The van der Waals surface area contributed by atoms with Crippen LogP contribution in [0.1, 0.15) is 19.4 Å². The third kappa shape index (κ3) is 2.97. The number of hydrogen-bond acceptors (Lipinski definition) is 3. The van der Waals surface area contributed by atoms with Crippen LogP contribution in [0.3, 0.4) is 0 Å². The summed E-state index contributed by atoms with van der Waals surface area (Å²) in [5.41, 5.74) is 10.8. The zero-order valence-electron chi connectivity index (χ0n) is 9.69. The Hall–Kier alpha value is -1.55. The van der Waals surface area contributed by atoms with E-state index in [-0.39, 0.29) is 6.61 Å². The molecule has 0 aliphatic carbocycles. The van der Waals surface area contributed by atoms with Crippen molar-refractivity contribution in [3.63, 3.8) is 0 Å². The Morgan fingerprint density at radius 3 is 2.62 bits per heavy atom. The predicted molar refractivity (Wildman–Crippen MR) is 63.1 cm³/mol. The number of carbonyl (C=O) groups excluding carboxylic acids is 1. The highest BCUT2D eigenvalue weighted by Crippen LogP contribution is 2.19. The van der Waals surface area contributed by atoms with Crippen molar-refractivity contribution in [2.75, 3.05) is 6.61 Å². The lowest BCUT2D eigenvalue weighted by atomic mass is 10.1. The Morgan fingerprint density at radius 1 is 1.44 bits per heavy atom. The first-order valence-electron chi connectivity index (χ1n) is 5.27. The van der Waals surface area contributed by atoms with Crippen LogP contribution in [0.25, 0.3) is 0 Å². The molecule has 88 valence electrons. The molecule has 1 aromatic rings. The summed E-state index contributed by atoms with van der Waals surface area (Å²) in [6, 6.07) is 7.66. The summed E-state index contributed by atoms with van der Waals surface area (Å²) in [4.78, 5) is 11.0. The lowest BCUT2D eigenvalue weighted by Gasteiger charge is -2.21. The largest absolute Gasteiger partial charge is 0.491 e. The second kappa shape index (κ2) is 4.99. The Morgan fingerprint density at radius 2 is 2.06 bits per heavy atom. The van der Waals surface area contributed by atoms with Gasteiger partial charge < -0.3 is 16.2 Å². The number of benzene rings is 1. The van der Waals surface area contributed by atoms with Gasteiger partial charge in [0.2, 0.25) is 5.91 Å². The fourth-order valence-electron chi connectivity index (χ4n) is 1.24. The van der Waals surface area contributed by atoms with Gasteiger partial charge in [-0.3, -0.25) is 4.79 Å². The minimum absolute atomic E-state index is 0.0827. The van der Waals surface area contributed by atoms with Gasteiger partial charge in [-0.1, -0.05) is 25.1 Å². The molecule has 1 unspecified atom stereocenters. The highest BCUT2D eigenvalue weighted by atomic mass is 16.5. The minimum Gasteiger partial charge on any atom is -0.491 e. The van der Waals surface area contributed by atoms with Gasteiger partial charge in [-0.15, -0.1) is 0 Å². The van der Waals surface area contributed by atoms with Crippen LogP contribution in [-0.2, 0) is 11.2 Å². The Bertz CT molecular complexity index is 375. The first-order chi connectivity index (χ1) is 7.47. The molecule has 0 fully saturated rings. The molecule has 0 aromatic heterocycles. The first-order valence-corrected chi connectivity index (χ1v) is 5.27. The lowest BCUT2D eigenvalue weighted by Crippen LogP contribution is -2.53. The number of nitrogens with two attached hydrogens (primary N) is 2. The molecule has 1 rings (SSSR count). The quantitative estimate of drug-likeness (QED) is 0.774. The third-order valence-corrected chi connectivity index (χ3v) is 2.44. The normalized spacial score (nSPS) is 14.2. The zero-order chi connectivity index (χ0) is 12.2. The number of amides is 1. The second-order valence-corrected chi connectivity index (χ2v) is 4.03. The van der Waals surface area contributed by atoms with Crippen molar-refractivity contribution < 1.29 is 9.53 Å². The summed E-state index contributed by atoms with van der Waals surface area (Å²) < 4.78 is 5.53. The van der Waals surface area contributed by atoms with Crippen molar-refractivity contribution in [2.45, 2.75) is 25.8 Å². The van der Waals surface area contributed by atoms with Crippen LogP contribution in [0.15, 0.2) is 24.3 Å². The van der Waals surface area contributed by atoms with Crippen molar-refractivity contribution in [3.05, 3.63) is 29.8 Å². The van der Waals surface area contributed by atoms with Gasteiger partial charge in [0.15, 0.2) is 0 Å². The minimum atomic E-state index is -1.14. The van der Waals surface area contributed by atoms with E-state index < -0.39 is 11.4 Å². The van der Waals surface area contributed by atoms with Gasteiger partial charge in [0.05, 0.1) is 0 Å². The van der Waals surface area contributed by atoms with Crippen LogP contribution in [0.4, 0.5) is 0 Å². The van der Waals surface area contributed by atoms with E-state index in [1.165, 1.54) is 0 Å². The topological polar surface area (TPSA) is 78.3 Å². The van der Waals surface area contributed by atoms with Crippen molar-refractivity contribution in [1.82, 2.24) is 0 Å². The van der Waals surface area contributed by atoms with Gasteiger partial charge in [0, 0.05) is 0 Å². The lowest BCUT2D eigenvalue weighted by molar-refractivity contribution is -0.123. The fourth-order valence-corrected chi connectivity index (χ4v) is 1.24. The van der Waals surface area contributed by atoms with Gasteiger partial charge in [0.25, 0.3) is 0 Å². The molecule has 16 heavy (non-hydrogen) atoms. The zero-order valence-corrected chi connectivity index (χ0v) is 9.69. The van der Waals surface area contributed by atoms with Crippen LogP contribution >= 0.6 is 0 Å². The van der Waals surface area contributed by atoms with Gasteiger partial charge in [-0.05, 0) is 25.0 Å². The molecule has 1 amide bonds. The predicted octanol–water partition coefficient (Wildman–Crippen LogP) is 0.831. The molecule has 0 heterocycles. The van der Waals surface area contributed by atoms with Crippen LogP contribution in [0.5, 0.6) is 5.75 Å². The molecular formula is C12H18N2O2. The molecule has 0 saturated carbocycles. The monoisotopic (exact) mass is 222 g/mol. The Labute approximate surface area is 95.6 Å². The van der Waals surface area contributed by atoms with Crippen LogP contribution < -0.4 is 16.2 Å². The smallest absolute Gasteiger partial charge is 0.240 e. The molecular weight excluding hydrogens is 204 g/mol. The Kier molecular flexibility index (Phi) is 3.90. The molecule has 1 aromatic carbocycles. The molecule has 0 aliphatic heterocycles. The molecule has 0 radical (unpaired) electrons. The van der Waals surface area contributed by atoms with Crippen LogP contribution in [0, 0.1) is 0 Å². The highest BCUT2D eigenvalue weighted by molar-refractivity contribution is 5.84. The molecule has 4 N–H and O–H groups in total. The van der Waals surface area contributed by atoms with E-state index in [2.05, 4.69) is 0 Å². The number of carbonyl (C=O) groups is 1. The van der Waals surface area contributed by atoms with Crippen molar-refractivity contribution >= 4 is 5.91 Å². The van der Waals surface area contributed by atoms with E-state index in [1.54, 1.807) is 6.92 Å². The molecule has 0 saturated heterocycles. The van der Waals surface area contributed by atoms with E-state index in [9.17, 15) is 4.79 Å². The summed E-state index contributed by atoms with van der Waals surface area (Å²) in [5.74, 6) is 0.185. The number of ether oxygens (including phenoxy) is 1. The molecule has 0 bridgehead atoms. The number of primary amides is 1. The summed E-state index contributed by atoms with van der Waals surface area (Å²) in [6.45, 7) is 3.68. The molecule has 0 aliphatic rings. The molecule has 1 atom stereocenters. The maximum Gasteiger partial charge on any atom is 0.240 e. The fraction of sp³-hybridized carbons (Fsp3) is 0.417. The maximum atomic E-state index is 11.0. The summed E-state index contributed by atoms with van der Waals surface area (Å²) in [5, 5.41) is 0. The summed E-state index contributed by atoms with van der Waals surface area (Å²) in [6.07, 6.45) is 0.869. The van der Waals surface area contributed by atoms with E-state index in [1.807, 2.05) is 31.2 Å². The van der Waals surface area contributed by atoms with Gasteiger partial charge in [-0.2, -0.15) is 0 Å². The summed E-state index contributed by atoms with van der Waals surface area (Å²) in [7, 11) is 0.